The fourth-order valence-electron chi connectivity index (χ4n) is 7.19. The summed E-state index contributed by atoms with van der Waals surface area (Å²) >= 11 is 0. The summed E-state index contributed by atoms with van der Waals surface area (Å²) in [4.78, 5) is 0. The highest BCUT2D eigenvalue weighted by Gasteiger charge is 2.45. The quantitative estimate of drug-likeness (QED) is 0.422. The van der Waals surface area contributed by atoms with E-state index in [1.165, 1.54) is 30.4 Å². The van der Waals surface area contributed by atoms with Gasteiger partial charge in [0.2, 0.25) is 0 Å². The Balaban J connectivity index is 0.000000180. The zero-order chi connectivity index (χ0) is 30.4. The number of hydrogen-bond donors (Lipinski definition) is 0. The average molecular weight is 605 g/mol. The molecule has 0 aromatic heterocycles. The summed E-state index contributed by atoms with van der Waals surface area (Å²) in [6.45, 7) is 18.2. The molecule has 1 aromatic rings. The molecule has 3 unspecified atom stereocenters. The van der Waals surface area contributed by atoms with Crippen LogP contribution in [-0.2, 0) is 40.3 Å². The van der Waals surface area contributed by atoms with Crippen molar-refractivity contribution in [3.8, 4) is 0 Å². The highest BCUT2D eigenvalue weighted by molar-refractivity contribution is 5.27. The van der Waals surface area contributed by atoms with E-state index in [0.717, 1.165) is 114 Å². The summed E-state index contributed by atoms with van der Waals surface area (Å²) in [5.74, 6) is -0.214. The van der Waals surface area contributed by atoms with Gasteiger partial charge in [-0.2, -0.15) is 0 Å². The number of morpholine rings is 2. The second-order valence-electron chi connectivity index (χ2n) is 15.3. The van der Waals surface area contributed by atoms with Gasteiger partial charge in [0.1, 0.15) is 51.5 Å². The van der Waals surface area contributed by atoms with Crippen LogP contribution in [0.3, 0.4) is 0 Å². The van der Waals surface area contributed by atoms with E-state index >= 15 is 0 Å². The lowest BCUT2D eigenvalue weighted by Gasteiger charge is -2.39. The molecule has 8 nitrogen and oxygen atoms in total. The third-order valence-corrected chi connectivity index (χ3v) is 10.2. The van der Waals surface area contributed by atoms with Gasteiger partial charge >= 0.3 is 0 Å². The number of ether oxygens (including phenoxy) is 6. The van der Waals surface area contributed by atoms with Crippen molar-refractivity contribution in [2.24, 2.45) is 0 Å². The first-order chi connectivity index (χ1) is 20.5. The van der Waals surface area contributed by atoms with E-state index in [9.17, 15) is 0 Å². The van der Waals surface area contributed by atoms with Crippen LogP contribution in [0.4, 0.5) is 0 Å². The highest BCUT2D eigenvalue weighted by atomic mass is 16.7. The smallest absolute Gasteiger partial charge is 0.169 e. The second-order valence-corrected chi connectivity index (χ2v) is 15.3. The minimum Gasteiger partial charge on any atom is -0.370 e. The summed E-state index contributed by atoms with van der Waals surface area (Å²) in [6.07, 6.45) is 8.42. The number of rotatable bonds is 7. The normalized spacial score (nSPS) is 30.1. The van der Waals surface area contributed by atoms with Crippen LogP contribution in [0.5, 0.6) is 0 Å². The van der Waals surface area contributed by atoms with Crippen LogP contribution in [0.15, 0.2) is 24.3 Å². The third-order valence-electron chi connectivity index (χ3n) is 10.2. The summed E-state index contributed by atoms with van der Waals surface area (Å²) in [6, 6.07) is 8.98. The summed E-state index contributed by atoms with van der Waals surface area (Å²) in [7, 11) is 4.62. The van der Waals surface area contributed by atoms with Crippen molar-refractivity contribution < 1.29 is 37.4 Å². The van der Waals surface area contributed by atoms with E-state index in [-0.39, 0.29) is 29.7 Å². The summed E-state index contributed by atoms with van der Waals surface area (Å²) in [5, 5.41) is 0. The molecule has 0 N–H and O–H groups in total. The minimum atomic E-state index is -0.214. The SMILES string of the molecule is CC(C)(C)c1ccc(CCC2OCC(C[N+]3(C)CCOCC3)O2)cc1.C[N+]1(CC2COC3(CCCCC3)O2)CCOCC1. The average Bonchev–Trinajstić information content (AvgIpc) is 3.58. The minimum absolute atomic E-state index is 0.0556. The number of nitrogens with zero attached hydrogens (tertiary/aromatic N) is 2. The Labute approximate surface area is 261 Å². The van der Waals surface area contributed by atoms with E-state index in [4.69, 9.17) is 28.4 Å². The molecule has 0 amide bonds. The molecule has 0 bridgehead atoms. The van der Waals surface area contributed by atoms with Gasteiger partial charge in [-0.3, -0.25) is 0 Å². The van der Waals surface area contributed by atoms with Gasteiger partial charge in [-0.05, 0) is 35.8 Å². The number of quaternary nitrogens is 2. The Kier molecular flexibility index (Phi) is 11.3. The van der Waals surface area contributed by atoms with Crippen molar-refractivity contribution in [2.45, 2.75) is 95.4 Å². The lowest BCUT2D eigenvalue weighted by molar-refractivity contribution is -0.919. The van der Waals surface area contributed by atoms with Crippen LogP contribution in [0, 0.1) is 0 Å². The molecule has 244 valence electrons. The molecule has 1 aromatic carbocycles. The molecular formula is C35H60N2O6+2. The maximum absolute atomic E-state index is 6.28. The van der Waals surface area contributed by atoms with Gasteiger partial charge < -0.3 is 37.4 Å². The van der Waals surface area contributed by atoms with E-state index in [2.05, 4.69) is 59.1 Å². The zero-order valence-electron chi connectivity index (χ0n) is 27.8. The van der Waals surface area contributed by atoms with Gasteiger partial charge in [-0.15, -0.1) is 0 Å². The zero-order valence-corrected chi connectivity index (χ0v) is 27.8. The van der Waals surface area contributed by atoms with Crippen molar-refractivity contribution in [3.63, 3.8) is 0 Å². The van der Waals surface area contributed by atoms with Crippen LogP contribution in [0.1, 0.15) is 70.4 Å². The van der Waals surface area contributed by atoms with Gasteiger partial charge in [-0.25, -0.2) is 0 Å². The standard InChI is InChI=1S/C21H34NO3.C14H26NO3/c1-21(2,3)18-8-5-17(6-9-18)7-10-20-24-16-19(25-20)15-22(4)11-13-23-14-12-22;1-15(7-9-16-10-8-15)11-13-12-17-14(18-13)5-3-2-4-6-14/h5-6,8-9,19-20H,7,10-16H2,1-4H3;13H,2-12H2,1H3/q2*+1. The van der Waals surface area contributed by atoms with E-state index in [1.807, 2.05) is 0 Å². The van der Waals surface area contributed by atoms with Crippen molar-refractivity contribution >= 4 is 0 Å². The maximum Gasteiger partial charge on any atom is 0.169 e. The molecule has 1 saturated carbocycles. The molecule has 5 fully saturated rings. The van der Waals surface area contributed by atoms with Gasteiger partial charge in [0, 0.05) is 19.3 Å². The van der Waals surface area contributed by atoms with Crippen LogP contribution < -0.4 is 0 Å². The van der Waals surface area contributed by atoms with E-state index < -0.39 is 0 Å². The number of aryl methyl sites for hydroxylation is 1. The molecule has 4 heterocycles. The van der Waals surface area contributed by atoms with E-state index in [1.54, 1.807) is 0 Å². The lowest BCUT2D eigenvalue weighted by Crippen LogP contribution is -2.55. The van der Waals surface area contributed by atoms with Gasteiger partial charge in [0.25, 0.3) is 0 Å². The molecule has 3 atom stereocenters. The van der Waals surface area contributed by atoms with E-state index in [0.29, 0.717) is 0 Å². The predicted octanol–water partition coefficient (Wildman–Crippen LogP) is 4.67. The molecule has 1 spiro atoms. The molecule has 8 heteroatoms. The molecule has 4 aliphatic heterocycles. The monoisotopic (exact) mass is 604 g/mol. The van der Waals surface area contributed by atoms with Crippen LogP contribution >= 0.6 is 0 Å². The second kappa shape index (κ2) is 14.5. The predicted molar refractivity (Wildman–Crippen MR) is 168 cm³/mol. The first kappa shape index (κ1) is 33.3. The van der Waals surface area contributed by atoms with Gasteiger partial charge in [-0.1, -0.05) is 51.5 Å². The molecule has 4 saturated heterocycles. The maximum atomic E-state index is 6.28. The first-order valence-corrected chi connectivity index (χ1v) is 17.0. The molecule has 1 aliphatic carbocycles. The molecular weight excluding hydrogens is 544 g/mol. The lowest BCUT2D eigenvalue weighted by atomic mass is 9.86. The molecule has 0 radical (unpaired) electrons. The topological polar surface area (TPSA) is 55.4 Å². The third kappa shape index (κ3) is 9.69. The molecule has 43 heavy (non-hydrogen) atoms. The number of benzene rings is 1. The highest BCUT2D eigenvalue weighted by Crippen LogP contribution is 2.38. The van der Waals surface area contributed by atoms with Crippen molar-refractivity contribution in [1.29, 1.82) is 0 Å². The molecule has 6 rings (SSSR count). The van der Waals surface area contributed by atoms with Gasteiger partial charge in [0.05, 0.1) is 53.7 Å². The largest absolute Gasteiger partial charge is 0.370 e. The number of likely N-dealkylation sites (N-methyl/N-ethyl adjacent to an activating group) is 2. The van der Waals surface area contributed by atoms with Crippen LogP contribution in [-0.4, -0.2) is 126 Å². The summed E-state index contributed by atoms with van der Waals surface area (Å²) < 4.78 is 37.4. The summed E-state index contributed by atoms with van der Waals surface area (Å²) in [5.41, 5.74) is 2.95. The Morgan fingerprint density at radius 1 is 0.767 bits per heavy atom. The Morgan fingerprint density at radius 2 is 1.35 bits per heavy atom. The first-order valence-electron chi connectivity index (χ1n) is 17.0. The Bertz CT molecular complexity index is 977. The fraction of sp³-hybridized carbons (Fsp3) is 0.829. The van der Waals surface area contributed by atoms with Crippen molar-refractivity contribution in [1.82, 2.24) is 0 Å². The van der Waals surface area contributed by atoms with Crippen molar-refractivity contribution in [3.05, 3.63) is 35.4 Å². The Hall–Kier alpha value is -1.10. The van der Waals surface area contributed by atoms with Crippen LogP contribution in [0.2, 0.25) is 0 Å². The number of hydrogen-bond acceptors (Lipinski definition) is 6. The molecule has 5 aliphatic rings. The Morgan fingerprint density at radius 3 is 1.93 bits per heavy atom. The van der Waals surface area contributed by atoms with Gasteiger partial charge in [0.15, 0.2) is 12.1 Å². The fourth-order valence-corrected chi connectivity index (χ4v) is 7.19. The van der Waals surface area contributed by atoms with Crippen molar-refractivity contribution in [2.75, 3.05) is 93.0 Å². The van der Waals surface area contributed by atoms with Crippen LogP contribution in [0.25, 0.3) is 0 Å².